The van der Waals surface area contributed by atoms with Crippen LogP contribution in [0.1, 0.15) is 11.4 Å². The van der Waals surface area contributed by atoms with E-state index in [1.54, 1.807) is 0 Å². The van der Waals surface area contributed by atoms with Crippen LogP contribution in [-0.4, -0.2) is 41.6 Å². The third kappa shape index (κ3) is 3.31. The second-order valence-corrected chi connectivity index (χ2v) is 5.12. The Balaban J connectivity index is 1.84. The summed E-state index contributed by atoms with van der Waals surface area (Å²) in [6.45, 7) is 0.166. The van der Waals surface area contributed by atoms with Gasteiger partial charge in [0.15, 0.2) is 5.69 Å². The van der Waals surface area contributed by atoms with Gasteiger partial charge in [0.05, 0.1) is 11.0 Å². The fraction of sp³-hybridized carbons (Fsp3) is 0.0909. The SMILES string of the molecule is O/N=C(/Nc1ccc(F)c(Br)c1)c1nonc1Cn1cnnn1. The van der Waals surface area contributed by atoms with Crippen molar-refractivity contribution >= 4 is 27.5 Å². The number of anilines is 1. The van der Waals surface area contributed by atoms with Gasteiger partial charge in [-0.1, -0.05) is 10.3 Å². The van der Waals surface area contributed by atoms with Gasteiger partial charge in [-0.3, -0.25) is 0 Å². The van der Waals surface area contributed by atoms with Crippen LogP contribution in [0.2, 0.25) is 0 Å². The number of hydrogen-bond donors (Lipinski definition) is 2. The van der Waals surface area contributed by atoms with E-state index in [-0.39, 0.29) is 22.5 Å². The third-order valence-corrected chi connectivity index (χ3v) is 3.37. The summed E-state index contributed by atoms with van der Waals surface area (Å²) in [6, 6.07) is 4.21. The molecule has 0 atom stereocenters. The Morgan fingerprint density at radius 2 is 2.30 bits per heavy atom. The van der Waals surface area contributed by atoms with Crippen molar-refractivity contribution in [3.05, 3.63) is 46.2 Å². The maximum Gasteiger partial charge on any atom is 0.201 e. The topological polar surface area (TPSA) is 127 Å². The highest BCUT2D eigenvalue weighted by atomic mass is 79.9. The Morgan fingerprint density at radius 3 is 3.00 bits per heavy atom. The summed E-state index contributed by atoms with van der Waals surface area (Å²) in [5, 5.41) is 33.3. The maximum atomic E-state index is 13.3. The lowest BCUT2D eigenvalue weighted by Crippen LogP contribution is -2.17. The summed E-state index contributed by atoms with van der Waals surface area (Å²) in [4.78, 5) is 0. The van der Waals surface area contributed by atoms with E-state index in [1.807, 2.05) is 0 Å². The number of rotatable bonds is 4. The summed E-state index contributed by atoms with van der Waals surface area (Å²) >= 11 is 3.07. The van der Waals surface area contributed by atoms with Gasteiger partial charge >= 0.3 is 0 Å². The maximum absolute atomic E-state index is 13.3. The van der Waals surface area contributed by atoms with Crippen molar-refractivity contribution in [1.29, 1.82) is 0 Å². The average Bonchev–Trinajstić information content (AvgIpc) is 3.21. The molecule has 0 aliphatic carbocycles. The molecule has 10 nitrogen and oxygen atoms in total. The highest BCUT2D eigenvalue weighted by molar-refractivity contribution is 9.10. The monoisotopic (exact) mass is 382 g/mol. The lowest BCUT2D eigenvalue weighted by atomic mass is 10.2. The Bertz CT molecular complexity index is 834. The second-order valence-electron chi connectivity index (χ2n) is 4.27. The van der Waals surface area contributed by atoms with Crippen molar-refractivity contribution in [2.75, 3.05) is 5.32 Å². The lowest BCUT2D eigenvalue weighted by molar-refractivity contribution is 0.300. The number of oxime groups is 1. The minimum Gasteiger partial charge on any atom is -0.409 e. The molecular weight excluding hydrogens is 375 g/mol. The molecule has 118 valence electrons. The predicted octanol–water partition coefficient (Wildman–Crippen LogP) is 1.25. The van der Waals surface area contributed by atoms with Crippen molar-refractivity contribution in [2.24, 2.45) is 5.16 Å². The highest BCUT2D eigenvalue weighted by Crippen LogP contribution is 2.20. The average molecular weight is 383 g/mol. The molecule has 2 heterocycles. The molecule has 0 bridgehead atoms. The van der Waals surface area contributed by atoms with Crippen LogP contribution >= 0.6 is 15.9 Å². The Kier molecular flexibility index (Phi) is 4.23. The number of aromatic nitrogens is 6. The van der Waals surface area contributed by atoms with Crippen LogP contribution in [0.4, 0.5) is 10.1 Å². The number of hydrogen-bond acceptors (Lipinski definition) is 8. The first-order valence-corrected chi connectivity index (χ1v) is 6.93. The van der Waals surface area contributed by atoms with Crippen LogP contribution in [0.5, 0.6) is 0 Å². The van der Waals surface area contributed by atoms with Gasteiger partial charge in [-0.2, -0.15) is 0 Å². The zero-order valence-corrected chi connectivity index (χ0v) is 12.8. The van der Waals surface area contributed by atoms with Crippen molar-refractivity contribution in [2.45, 2.75) is 6.54 Å². The van der Waals surface area contributed by atoms with Gasteiger partial charge in [-0.15, -0.1) is 5.10 Å². The molecule has 0 amide bonds. The van der Waals surface area contributed by atoms with Crippen LogP contribution in [0, 0.1) is 5.82 Å². The molecule has 0 aliphatic heterocycles. The van der Waals surface area contributed by atoms with E-state index in [4.69, 9.17) is 0 Å². The van der Waals surface area contributed by atoms with Crippen LogP contribution in [-0.2, 0) is 6.54 Å². The minimum absolute atomic E-state index is 0.0205. The third-order valence-electron chi connectivity index (χ3n) is 2.77. The first-order valence-electron chi connectivity index (χ1n) is 6.14. The Hall–Kier alpha value is -2.89. The van der Waals surface area contributed by atoms with E-state index < -0.39 is 5.82 Å². The van der Waals surface area contributed by atoms with E-state index in [9.17, 15) is 9.60 Å². The summed E-state index contributed by atoms with van der Waals surface area (Å²) in [5.74, 6) is -0.437. The molecule has 3 aromatic rings. The van der Waals surface area contributed by atoms with Crippen molar-refractivity contribution in [1.82, 2.24) is 30.5 Å². The smallest absolute Gasteiger partial charge is 0.201 e. The van der Waals surface area contributed by atoms with E-state index in [0.717, 1.165) is 0 Å². The lowest BCUT2D eigenvalue weighted by Gasteiger charge is -2.07. The van der Waals surface area contributed by atoms with Crippen LogP contribution in [0.25, 0.3) is 0 Å². The molecule has 0 saturated carbocycles. The summed E-state index contributed by atoms with van der Waals surface area (Å²) < 4.78 is 19.6. The van der Waals surface area contributed by atoms with E-state index in [1.165, 1.54) is 29.2 Å². The first kappa shape index (κ1) is 15.0. The quantitative estimate of drug-likeness (QED) is 0.298. The molecular formula is C11H8BrFN8O2. The molecule has 2 aromatic heterocycles. The zero-order valence-electron chi connectivity index (χ0n) is 11.3. The molecule has 0 unspecified atom stereocenters. The Labute approximate surface area is 136 Å². The molecule has 12 heteroatoms. The number of amidine groups is 1. The molecule has 0 saturated heterocycles. The molecule has 0 spiro atoms. The number of nitrogens with one attached hydrogen (secondary N) is 1. The van der Waals surface area contributed by atoms with Gasteiger partial charge in [-0.05, 0) is 49.7 Å². The predicted molar refractivity (Wildman–Crippen MR) is 77.3 cm³/mol. The van der Waals surface area contributed by atoms with Gasteiger partial charge in [0, 0.05) is 5.69 Å². The molecule has 3 rings (SSSR count). The van der Waals surface area contributed by atoms with Crippen LogP contribution in [0.15, 0.2) is 38.8 Å². The molecule has 1 aromatic carbocycles. The second kappa shape index (κ2) is 6.48. The molecule has 0 radical (unpaired) electrons. The molecule has 23 heavy (non-hydrogen) atoms. The van der Waals surface area contributed by atoms with Gasteiger partial charge < -0.3 is 10.5 Å². The molecule has 2 N–H and O–H groups in total. The van der Waals surface area contributed by atoms with Gasteiger partial charge in [-0.25, -0.2) is 13.7 Å². The van der Waals surface area contributed by atoms with E-state index >= 15 is 0 Å². The largest absolute Gasteiger partial charge is 0.409 e. The number of tetrazole rings is 1. The zero-order chi connectivity index (χ0) is 16.2. The number of nitrogens with zero attached hydrogens (tertiary/aromatic N) is 7. The van der Waals surface area contributed by atoms with Crippen LogP contribution < -0.4 is 5.32 Å². The van der Waals surface area contributed by atoms with Crippen molar-refractivity contribution < 1.29 is 14.2 Å². The number of benzene rings is 1. The van der Waals surface area contributed by atoms with Crippen molar-refractivity contribution in [3.63, 3.8) is 0 Å². The standard InChI is InChI=1S/C11H8BrFN8O2/c12-7-3-6(1-2-8(7)13)15-11(16-22)10-9(17-23-18-10)4-21-5-14-19-20-21/h1-3,5,22H,4H2,(H,15,16). The Morgan fingerprint density at radius 1 is 1.43 bits per heavy atom. The summed E-state index contributed by atoms with van der Waals surface area (Å²) in [7, 11) is 0. The normalized spacial score (nSPS) is 11.7. The van der Waals surface area contributed by atoms with E-state index in [0.29, 0.717) is 11.4 Å². The fourth-order valence-corrected chi connectivity index (χ4v) is 2.12. The van der Waals surface area contributed by atoms with E-state index in [2.05, 4.69) is 56.9 Å². The summed E-state index contributed by atoms with van der Waals surface area (Å²) in [5.41, 5.74) is 0.990. The molecule has 0 aliphatic rings. The van der Waals surface area contributed by atoms with Crippen LogP contribution in [0.3, 0.4) is 0 Å². The highest BCUT2D eigenvalue weighted by Gasteiger charge is 2.18. The molecule has 0 fully saturated rings. The van der Waals surface area contributed by atoms with Gasteiger partial charge in [0.1, 0.15) is 17.8 Å². The minimum atomic E-state index is -0.416. The van der Waals surface area contributed by atoms with Gasteiger partial charge in [0.25, 0.3) is 0 Å². The van der Waals surface area contributed by atoms with Crippen molar-refractivity contribution in [3.8, 4) is 0 Å². The first-order chi connectivity index (χ1) is 11.2. The summed E-state index contributed by atoms with van der Waals surface area (Å²) in [6.07, 6.45) is 1.39. The number of halogens is 2. The fourth-order valence-electron chi connectivity index (χ4n) is 1.74. The van der Waals surface area contributed by atoms with Gasteiger partial charge in [0.2, 0.25) is 5.84 Å².